The third-order valence-electron chi connectivity index (χ3n) is 2.46. The van der Waals surface area contributed by atoms with Crippen molar-refractivity contribution in [3.05, 3.63) is 29.8 Å². The van der Waals surface area contributed by atoms with Crippen LogP contribution in [0.15, 0.2) is 24.3 Å². The van der Waals surface area contributed by atoms with E-state index in [-0.39, 0.29) is 0 Å². The fourth-order valence-electron chi connectivity index (χ4n) is 1.68. The molecule has 0 aromatic heterocycles. The number of rotatable bonds is 2. The lowest BCUT2D eigenvalue weighted by molar-refractivity contribution is -0.181. The van der Waals surface area contributed by atoms with Gasteiger partial charge in [-0.3, -0.25) is 0 Å². The van der Waals surface area contributed by atoms with Gasteiger partial charge in [-0.05, 0) is 17.7 Å². The fourth-order valence-corrected chi connectivity index (χ4v) is 1.68. The van der Waals surface area contributed by atoms with Crippen LogP contribution in [0.1, 0.15) is 11.7 Å². The molecule has 2 rings (SSSR count). The number of carboxylic acid groups (broad SMARTS) is 1. The summed E-state index contributed by atoms with van der Waals surface area (Å²) >= 11 is 0. The van der Waals surface area contributed by atoms with Gasteiger partial charge in [-0.25, -0.2) is 4.79 Å². The van der Waals surface area contributed by atoms with E-state index < -0.39 is 18.2 Å². The third kappa shape index (κ3) is 2.15. The highest BCUT2D eigenvalue weighted by Gasteiger charge is 2.34. The van der Waals surface area contributed by atoms with Gasteiger partial charge in [-0.1, -0.05) is 12.1 Å². The van der Waals surface area contributed by atoms with Crippen molar-refractivity contribution in [3.63, 3.8) is 0 Å². The zero-order chi connectivity index (χ0) is 11.5. The second kappa shape index (κ2) is 4.51. The summed E-state index contributed by atoms with van der Waals surface area (Å²) in [6.45, 7) is 0.710. The zero-order valence-corrected chi connectivity index (χ0v) is 8.63. The molecule has 1 saturated heterocycles. The van der Waals surface area contributed by atoms with E-state index >= 15 is 0 Å². The highest BCUT2D eigenvalue weighted by atomic mass is 16.6. The SMILES string of the molecule is Nc1ccc(C2OCCOC2C(=O)O)cc1. The van der Waals surface area contributed by atoms with Crippen molar-refractivity contribution in [3.8, 4) is 0 Å². The van der Waals surface area contributed by atoms with Gasteiger partial charge >= 0.3 is 5.97 Å². The molecule has 0 bridgehead atoms. The van der Waals surface area contributed by atoms with Gasteiger partial charge in [-0.2, -0.15) is 0 Å². The van der Waals surface area contributed by atoms with Crippen LogP contribution in [0.4, 0.5) is 5.69 Å². The molecule has 2 unspecified atom stereocenters. The van der Waals surface area contributed by atoms with Crippen molar-refractivity contribution in [2.75, 3.05) is 18.9 Å². The van der Waals surface area contributed by atoms with E-state index in [9.17, 15) is 4.79 Å². The quantitative estimate of drug-likeness (QED) is 0.725. The molecule has 5 heteroatoms. The predicted molar refractivity (Wildman–Crippen MR) is 56.9 cm³/mol. The number of nitrogen functional groups attached to an aromatic ring is 1. The minimum atomic E-state index is -1.01. The zero-order valence-electron chi connectivity index (χ0n) is 8.63. The Bertz CT molecular complexity index is 376. The van der Waals surface area contributed by atoms with Gasteiger partial charge in [0.15, 0.2) is 6.10 Å². The van der Waals surface area contributed by atoms with E-state index in [1.807, 2.05) is 0 Å². The molecule has 1 aliphatic rings. The highest BCUT2D eigenvalue weighted by Crippen LogP contribution is 2.27. The highest BCUT2D eigenvalue weighted by molar-refractivity contribution is 5.73. The predicted octanol–water partition coefficient (Wildman–Crippen LogP) is 0.810. The maximum atomic E-state index is 11.0. The molecule has 1 aromatic carbocycles. The first-order valence-corrected chi connectivity index (χ1v) is 5.00. The van der Waals surface area contributed by atoms with Crippen LogP contribution in [-0.4, -0.2) is 30.4 Å². The molecule has 0 spiro atoms. The number of aliphatic carboxylic acids is 1. The molecule has 1 fully saturated rings. The van der Waals surface area contributed by atoms with Crippen LogP contribution >= 0.6 is 0 Å². The van der Waals surface area contributed by atoms with Crippen molar-refractivity contribution < 1.29 is 19.4 Å². The van der Waals surface area contributed by atoms with Gasteiger partial charge in [0, 0.05) is 5.69 Å². The van der Waals surface area contributed by atoms with Gasteiger partial charge in [0.2, 0.25) is 0 Å². The van der Waals surface area contributed by atoms with Crippen molar-refractivity contribution in [1.29, 1.82) is 0 Å². The number of nitrogens with two attached hydrogens (primary N) is 1. The molecule has 0 amide bonds. The lowest BCUT2D eigenvalue weighted by Gasteiger charge is -2.29. The summed E-state index contributed by atoms with van der Waals surface area (Å²) < 4.78 is 10.6. The van der Waals surface area contributed by atoms with Gasteiger partial charge in [0.1, 0.15) is 6.10 Å². The molecule has 1 heterocycles. The third-order valence-corrected chi connectivity index (χ3v) is 2.46. The minimum Gasteiger partial charge on any atom is -0.479 e. The Kier molecular flexibility index (Phi) is 3.07. The summed E-state index contributed by atoms with van der Waals surface area (Å²) in [5.41, 5.74) is 6.96. The summed E-state index contributed by atoms with van der Waals surface area (Å²) in [7, 11) is 0. The second-order valence-corrected chi connectivity index (χ2v) is 3.59. The normalized spacial score (nSPS) is 25.2. The first-order valence-electron chi connectivity index (χ1n) is 5.00. The summed E-state index contributed by atoms with van der Waals surface area (Å²) in [5.74, 6) is -1.01. The van der Waals surface area contributed by atoms with E-state index in [1.54, 1.807) is 24.3 Å². The first kappa shape index (κ1) is 10.9. The molecule has 0 saturated carbocycles. The molecular formula is C11H13NO4. The first-order chi connectivity index (χ1) is 7.68. The van der Waals surface area contributed by atoms with Crippen molar-refractivity contribution in [1.82, 2.24) is 0 Å². The van der Waals surface area contributed by atoms with Crippen LogP contribution in [0.3, 0.4) is 0 Å². The van der Waals surface area contributed by atoms with Crippen LogP contribution in [0.5, 0.6) is 0 Å². The smallest absolute Gasteiger partial charge is 0.335 e. The van der Waals surface area contributed by atoms with Crippen molar-refractivity contribution in [2.45, 2.75) is 12.2 Å². The second-order valence-electron chi connectivity index (χ2n) is 3.59. The van der Waals surface area contributed by atoms with E-state index in [0.29, 0.717) is 18.9 Å². The Morgan fingerprint density at radius 2 is 1.88 bits per heavy atom. The van der Waals surface area contributed by atoms with Gasteiger partial charge in [0.25, 0.3) is 0 Å². The summed E-state index contributed by atoms with van der Waals surface area (Å²) in [5, 5.41) is 8.99. The maximum Gasteiger partial charge on any atom is 0.335 e. The largest absolute Gasteiger partial charge is 0.479 e. The minimum absolute atomic E-state index is 0.308. The summed E-state index contributed by atoms with van der Waals surface area (Å²) in [6, 6.07) is 6.94. The van der Waals surface area contributed by atoms with Crippen LogP contribution < -0.4 is 5.73 Å². The molecule has 2 atom stereocenters. The Morgan fingerprint density at radius 3 is 2.50 bits per heavy atom. The Labute approximate surface area is 92.8 Å². The summed E-state index contributed by atoms with van der Waals surface area (Å²) in [6.07, 6.45) is -1.51. The Hall–Kier alpha value is -1.59. The molecule has 86 valence electrons. The van der Waals surface area contributed by atoms with Gasteiger partial charge in [-0.15, -0.1) is 0 Å². The molecule has 0 aliphatic carbocycles. The van der Waals surface area contributed by atoms with E-state index in [1.165, 1.54) is 0 Å². The van der Waals surface area contributed by atoms with E-state index in [0.717, 1.165) is 5.56 Å². The fraction of sp³-hybridized carbons (Fsp3) is 0.364. The van der Waals surface area contributed by atoms with E-state index in [2.05, 4.69) is 0 Å². The molecule has 3 N–H and O–H groups in total. The maximum absolute atomic E-state index is 11.0. The average molecular weight is 223 g/mol. The standard InChI is InChI=1S/C11H13NO4/c12-8-3-1-7(2-4-8)9-10(11(13)14)16-6-5-15-9/h1-4,9-10H,5-6,12H2,(H,13,14). The summed E-state index contributed by atoms with van der Waals surface area (Å²) in [4.78, 5) is 11.0. The number of anilines is 1. The average Bonchev–Trinajstić information content (AvgIpc) is 2.30. The Balaban J connectivity index is 2.23. The van der Waals surface area contributed by atoms with Gasteiger partial charge < -0.3 is 20.3 Å². The molecule has 0 radical (unpaired) electrons. The van der Waals surface area contributed by atoms with Gasteiger partial charge in [0.05, 0.1) is 13.2 Å². The number of benzene rings is 1. The molecule has 1 aliphatic heterocycles. The molecule has 1 aromatic rings. The van der Waals surface area contributed by atoms with E-state index in [4.69, 9.17) is 20.3 Å². The molecular weight excluding hydrogens is 210 g/mol. The number of ether oxygens (including phenoxy) is 2. The monoisotopic (exact) mass is 223 g/mol. The van der Waals surface area contributed by atoms with Crippen LogP contribution in [0, 0.1) is 0 Å². The number of carboxylic acids is 1. The lowest BCUT2D eigenvalue weighted by atomic mass is 10.0. The van der Waals surface area contributed by atoms with Crippen LogP contribution in [0.25, 0.3) is 0 Å². The Morgan fingerprint density at radius 1 is 1.25 bits per heavy atom. The number of carbonyl (C=O) groups is 1. The topological polar surface area (TPSA) is 81.8 Å². The van der Waals surface area contributed by atoms with Crippen molar-refractivity contribution in [2.24, 2.45) is 0 Å². The van der Waals surface area contributed by atoms with Crippen LogP contribution in [-0.2, 0) is 14.3 Å². The molecule has 5 nitrogen and oxygen atoms in total. The number of hydrogen-bond acceptors (Lipinski definition) is 4. The number of hydrogen-bond donors (Lipinski definition) is 2. The van der Waals surface area contributed by atoms with Crippen molar-refractivity contribution >= 4 is 11.7 Å². The molecule has 16 heavy (non-hydrogen) atoms. The van der Waals surface area contributed by atoms with Crippen LogP contribution in [0.2, 0.25) is 0 Å². The lowest BCUT2D eigenvalue weighted by Crippen LogP contribution is -2.38.